The van der Waals surface area contributed by atoms with Gasteiger partial charge in [-0.05, 0) is 31.5 Å². The largest absolute Gasteiger partial charge is 0.467 e. The van der Waals surface area contributed by atoms with Gasteiger partial charge in [0, 0.05) is 12.5 Å². The fraction of sp³-hybridized carbons (Fsp3) is 0.227. The summed E-state index contributed by atoms with van der Waals surface area (Å²) in [6, 6.07) is 11.2. The first kappa shape index (κ1) is 19.4. The van der Waals surface area contributed by atoms with Crippen LogP contribution in [-0.2, 0) is 14.3 Å². The lowest BCUT2D eigenvalue weighted by atomic mass is 10.0. The summed E-state index contributed by atoms with van der Waals surface area (Å²) in [6.07, 6.45) is 8.40. The molecule has 0 fully saturated rings. The molecule has 1 aliphatic rings. The molecule has 28 heavy (non-hydrogen) atoms. The van der Waals surface area contributed by atoms with Crippen LogP contribution in [0.2, 0.25) is 0 Å². The number of furan rings is 1. The second-order valence-corrected chi connectivity index (χ2v) is 6.38. The van der Waals surface area contributed by atoms with Crippen LogP contribution in [0.5, 0.6) is 0 Å². The highest BCUT2D eigenvalue weighted by atomic mass is 16.5. The number of allylic oxidation sites excluding steroid dienone is 3. The first-order chi connectivity index (χ1) is 13.6. The molecule has 1 aromatic heterocycles. The Morgan fingerprint density at radius 2 is 2.04 bits per heavy atom. The van der Waals surface area contributed by atoms with E-state index in [1.807, 2.05) is 44.2 Å². The summed E-state index contributed by atoms with van der Waals surface area (Å²) in [4.78, 5) is 24.4. The maximum Gasteiger partial charge on any atom is 0.331 e. The zero-order valence-corrected chi connectivity index (χ0v) is 15.9. The molecule has 0 spiro atoms. The van der Waals surface area contributed by atoms with Crippen molar-refractivity contribution in [2.24, 2.45) is 5.10 Å². The Kier molecular flexibility index (Phi) is 6.22. The molecule has 0 radical (unpaired) electrons. The molecule has 1 amide bonds. The summed E-state index contributed by atoms with van der Waals surface area (Å²) >= 11 is 0. The Morgan fingerprint density at radius 1 is 1.25 bits per heavy atom. The smallest absolute Gasteiger partial charge is 0.331 e. The van der Waals surface area contributed by atoms with Crippen LogP contribution in [0.15, 0.2) is 76.5 Å². The van der Waals surface area contributed by atoms with Gasteiger partial charge in [0.25, 0.3) is 5.91 Å². The first-order valence-electron chi connectivity index (χ1n) is 9.04. The van der Waals surface area contributed by atoms with Gasteiger partial charge >= 0.3 is 5.97 Å². The number of nitrogens with zero attached hydrogens (tertiary/aromatic N) is 2. The van der Waals surface area contributed by atoms with Crippen molar-refractivity contribution in [2.45, 2.75) is 26.3 Å². The maximum atomic E-state index is 12.7. The molecular formula is C22H22N2O4. The van der Waals surface area contributed by atoms with Gasteiger partial charge in [0.15, 0.2) is 6.61 Å². The molecular weight excluding hydrogens is 356 g/mol. The molecule has 0 saturated carbocycles. The Hall–Kier alpha value is -3.41. The molecule has 0 aliphatic carbocycles. The topological polar surface area (TPSA) is 72.1 Å². The number of hydrazone groups is 1. The third kappa shape index (κ3) is 4.65. The van der Waals surface area contributed by atoms with E-state index in [0.29, 0.717) is 12.2 Å². The van der Waals surface area contributed by atoms with Gasteiger partial charge in [0.2, 0.25) is 0 Å². The lowest BCUT2D eigenvalue weighted by molar-refractivity contribution is -0.149. The van der Waals surface area contributed by atoms with E-state index in [4.69, 9.17) is 9.15 Å². The lowest BCUT2D eigenvalue weighted by Gasteiger charge is -2.19. The van der Waals surface area contributed by atoms with Gasteiger partial charge in [-0.2, -0.15) is 5.10 Å². The fourth-order valence-corrected chi connectivity index (χ4v) is 2.86. The van der Waals surface area contributed by atoms with Crippen LogP contribution in [-0.4, -0.2) is 29.2 Å². The van der Waals surface area contributed by atoms with Crippen molar-refractivity contribution in [3.63, 3.8) is 0 Å². The molecule has 0 saturated heterocycles. The van der Waals surface area contributed by atoms with E-state index < -0.39 is 11.9 Å². The van der Waals surface area contributed by atoms with Crippen LogP contribution in [0.25, 0.3) is 0 Å². The van der Waals surface area contributed by atoms with E-state index in [-0.39, 0.29) is 12.6 Å². The number of carbonyl (C=O) groups is 2. The monoisotopic (exact) mass is 378 g/mol. The van der Waals surface area contributed by atoms with Gasteiger partial charge in [-0.3, -0.25) is 4.79 Å². The standard InChI is InChI=1S/C22H22N2O4/c1-3-4-5-8-22(26)28-15-21(25)24-19(20-7-6-13-27-20)14-18(23-24)17-11-9-16(2)10-12-17/h3-13,19H,14-15H2,1-2H3/b4-3+,8-5+/t19-/m1/s1. The molecule has 0 N–H and O–H groups in total. The van der Waals surface area contributed by atoms with Crippen LogP contribution < -0.4 is 0 Å². The van der Waals surface area contributed by atoms with Gasteiger partial charge < -0.3 is 9.15 Å². The summed E-state index contributed by atoms with van der Waals surface area (Å²) in [6.45, 7) is 3.46. The number of hydrogen-bond donors (Lipinski definition) is 0. The minimum atomic E-state index is -0.581. The molecule has 6 heteroatoms. The summed E-state index contributed by atoms with van der Waals surface area (Å²) in [5.74, 6) is -0.349. The average Bonchev–Trinajstić information content (AvgIpc) is 3.36. The Morgan fingerprint density at radius 3 is 2.71 bits per heavy atom. The second-order valence-electron chi connectivity index (χ2n) is 6.38. The molecule has 1 atom stereocenters. The number of amides is 1. The summed E-state index contributed by atoms with van der Waals surface area (Å²) in [5, 5.41) is 5.84. The summed E-state index contributed by atoms with van der Waals surface area (Å²) < 4.78 is 10.5. The molecule has 2 heterocycles. The van der Waals surface area contributed by atoms with E-state index in [1.165, 1.54) is 11.1 Å². The van der Waals surface area contributed by atoms with Gasteiger partial charge in [-0.15, -0.1) is 0 Å². The first-order valence-corrected chi connectivity index (χ1v) is 9.04. The Bertz CT molecular complexity index is 909. The van der Waals surface area contributed by atoms with E-state index in [0.717, 1.165) is 16.8 Å². The Balaban J connectivity index is 1.75. The van der Waals surface area contributed by atoms with Crippen molar-refractivity contribution in [1.29, 1.82) is 0 Å². The number of esters is 1. The fourth-order valence-electron chi connectivity index (χ4n) is 2.86. The highest BCUT2D eigenvalue weighted by molar-refractivity contribution is 6.03. The van der Waals surface area contributed by atoms with Crippen molar-refractivity contribution in [3.05, 3.63) is 83.9 Å². The summed E-state index contributed by atoms with van der Waals surface area (Å²) in [7, 11) is 0. The molecule has 0 unspecified atom stereocenters. The molecule has 6 nitrogen and oxygen atoms in total. The van der Waals surface area contributed by atoms with Crippen molar-refractivity contribution in [3.8, 4) is 0 Å². The number of hydrogen-bond acceptors (Lipinski definition) is 5. The van der Waals surface area contributed by atoms with Gasteiger partial charge in [0.1, 0.15) is 11.8 Å². The van der Waals surface area contributed by atoms with Crippen molar-refractivity contribution < 1.29 is 18.7 Å². The van der Waals surface area contributed by atoms with E-state index in [2.05, 4.69) is 5.10 Å². The minimum absolute atomic E-state index is 0.365. The average molecular weight is 378 g/mol. The van der Waals surface area contributed by atoms with Crippen LogP contribution in [0.4, 0.5) is 0 Å². The summed E-state index contributed by atoms with van der Waals surface area (Å²) in [5.41, 5.74) is 2.88. The van der Waals surface area contributed by atoms with Crippen molar-refractivity contribution >= 4 is 17.6 Å². The number of rotatable bonds is 6. The highest BCUT2D eigenvalue weighted by Gasteiger charge is 2.35. The molecule has 0 bridgehead atoms. The zero-order valence-electron chi connectivity index (χ0n) is 15.9. The van der Waals surface area contributed by atoms with Crippen molar-refractivity contribution in [1.82, 2.24) is 5.01 Å². The van der Waals surface area contributed by atoms with E-state index >= 15 is 0 Å². The SMILES string of the molecule is C/C=C/C=C/C(=O)OCC(=O)N1N=C(c2ccc(C)cc2)C[C@@H]1c1ccco1. The van der Waals surface area contributed by atoms with Gasteiger partial charge in [-0.1, -0.05) is 48.1 Å². The third-order valence-electron chi connectivity index (χ3n) is 4.30. The lowest BCUT2D eigenvalue weighted by Crippen LogP contribution is -2.31. The van der Waals surface area contributed by atoms with Crippen LogP contribution in [0.1, 0.15) is 36.3 Å². The predicted molar refractivity (Wildman–Crippen MR) is 106 cm³/mol. The molecule has 2 aromatic rings. The highest BCUT2D eigenvalue weighted by Crippen LogP contribution is 2.33. The number of carbonyl (C=O) groups excluding carboxylic acids is 2. The Labute approximate surface area is 163 Å². The minimum Gasteiger partial charge on any atom is -0.467 e. The quantitative estimate of drug-likeness (QED) is 0.434. The normalized spacial score (nSPS) is 16.7. The van der Waals surface area contributed by atoms with E-state index in [9.17, 15) is 9.59 Å². The third-order valence-corrected chi connectivity index (χ3v) is 4.30. The maximum absolute atomic E-state index is 12.7. The van der Waals surface area contributed by atoms with Crippen LogP contribution in [0, 0.1) is 6.92 Å². The predicted octanol–water partition coefficient (Wildman–Crippen LogP) is 3.94. The molecule has 3 rings (SSSR count). The number of ether oxygens (including phenoxy) is 1. The second kappa shape index (κ2) is 8.99. The molecule has 1 aliphatic heterocycles. The molecule has 144 valence electrons. The van der Waals surface area contributed by atoms with Gasteiger partial charge in [-0.25, -0.2) is 9.80 Å². The van der Waals surface area contributed by atoms with E-state index in [1.54, 1.807) is 30.6 Å². The molecule has 1 aromatic carbocycles. The number of benzene rings is 1. The van der Waals surface area contributed by atoms with Crippen LogP contribution in [0.3, 0.4) is 0 Å². The van der Waals surface area contributed by atoms with Gasteiger partial charge in [0.05, 0.1) is 12.0 Å². The zero-order chi connectivity index (χ0) is 19.9. The van der Waals surface area contributed by atoms with Crippen molar-refractivity contribution in [2.75, 3.05) is 6.61 Å². The number of aryl methyl sites for hydroxylation is 1. The van der Waals surface area contributed by atoms with Crippen LogP contribution >= 0.6 is 0 Å².